The van der Waals surface area contributed by atoms with Gasteiger partial charge in [-0.25, -0.2) is 0 Å². The van der Waals surface area contributed by atoms with Crippen LogP contribution in [-0.2, 0) is 17.6 Å². The van der Waals surface area contributed by atoms with E-state index >= 15 is 0 Å². The van der Waals surface area contributed by atoms with E-state index in [-0.39, 0.29) is 11.7 Å². The Bertz CT molecular complexity index is 892. The van der Waals surface area contributed by atoms with Crippen molar-refractivity contribution in [2.24, 2.45) is 0 Å². The van der Waals surface area contributed by atoms with E-state index in [1.807, 2.05) is 12.1 Å². The second kappa shape index (κ2) is 8.21. The van der Waals surface area contributed by atoms with E-state index in [1.165, 1.54) is 4.88 Å². The Hall–Kier alpha value is -2.56. The normalized spacial score (nSPS) is 16.6. The zero-order chi connectivity index (χ0) is 19.5. The smallest absolute Gasteiger partial charge is 0.226 e. The second-order valence-electron chi connectivity index (χ2n) is 7.32. The van der Waals surface area contributed by atoms with Gasteiger partial charge in [-0.05, 0) is 49.1 Å². The van der Waals surface area contributed by atoms with Crippen LogP contribution >= 0.6 is 11.3 Å². The second-order valence-corrected chi connectivity index (χ2v) is 8.42. The molecule has 6 nitrogen and oxygen atoms in total. The van der Waals surface area contributed by atoms with Crippen molar-refractivity contribution in [3.8, 4) is 11.8 Å². The average Bonchev–Trinajstić information content (AvgIpc) is 3.28. The number of phenolic OH excluding ortho intramolecular Hbond substituents is 1. The van der Waals surface area contributed by atoms with Crippen molar-refractivity contribution in [1.82, 2.24) is 4.90 Å². The van der Waals surface area contributed by atoms with Gasteiger partial charge < -0.3 is 15.3 Å². The number of nitrogens with zero attached hydrogens (tertiary/aromatic N) is 3. The van der Waals surface area contributed by atoms with Crippen LogP contribution in [0.2, 0.25) is 0 Å². The number of aryl methyl sites for hydroxylation is 1. The molecule has 1 aliphatic carbocycles. The van der Waals surface area contributed by atoms with E-state index in [2.05, 4.69) is 21.2 Å². The molecular formula is C21H24N4O2S. The van der Waals surface area contributed by atoms with E-state index in [4.69, 9.17) is 0 Å². The van der Waals surface area contributed by atoms with Crippen LogP contribution in [-0.4, -0.2) is 48.6 Å². The number of carbonyl (C=O) groups is 1. The Morgan fingerprint density at radius 1 is 1.18 bits per heavy atom. The van der Waals surface area contributed by atoms with Crippen molar-refractivity contribution >= 4 is 27.9 Å². The molecule has 0 atom stereocenters. The van der Waals surface area contributed by atoms with E-state index in [1.54, 1.807) is 23.5 Å². The molecule has 0 saturated carbocycles. The molecule has 1 amide bonds. The summed E-state index contributed by atoms with van der Waals surface area (Å²) >= 11 is 1.57. The molecule has 1 aromatic carbocycles. The number of fused-ring (bicyclic) bond motifs is 1. The first kappa shape index (κ1) is 18.8. The van der Waals surface area contributed by atoms with Crippen LogP contribution in [0.5, 0.6) is 5.75 Å². The number of anilines is 2. The van der Waals surface area contributed by atoms with Crippen molar-refractivity contribution in [1.29, 1.82) is 5.26 Å². The number of nitriles is 1. The molecule has 7 heteroatoms. The van der Waals surface area contributed by atoms with E-state index in [0.29, 0.717) is 12.0 Å². The summed E-state index contributed by atoms with van der Waals surface area (Å²) in [7, 11) is 0. The fourth-order valence-electron chi connectivity index (χ4n) is 3.95. The van der Waals surface area contributed by atoms with Gasteiger partial charge in [0.05, 0.1) is 5.56 Å². The van der Waals surface area contributed by atoms with Gasteiger partial charge in [-0.2, -0.15) is 5.26 Å². The lowest BCUT2D eigenvalue weighted by molar-refractivity contribution is -0.116. The topological polar surface area (TPSA) is 79.6 Å². The number of hydrogen-bond donors (Lipinski definition) is 2. The minimum absolute atomic E-state index is 0.0163. The number of nitrogens with one attached hydrogen (secondary N) is 1. The van der Waals surface area contributed by atoms with Gasteiger partial charge in [-0.3, -0.25) is 9.69 Å². The number of phenols is 1. The first-order valence-corrected chi connectivity index (χ1v) is 10.6. The lowest BCUT2D eigenvalue weighted by atomic mass is 10.1. The molecule has 0 bridgehead atoms. The quantitative estimate of drug-likeness (QED) is 0.812. The molecule has 1 fully saturated rings. The van der Waals surface area contributed by atoms with Gasteiger partial charge >= 0.3 is 0 Å². The highest BCUT2D eigenvalue weighted by Gasteiger charge is 2.23. The maximum atomic E-state index is 12.4. The first-order chi connectivity index (χ1) is 13.6. The molecule has 146 valence electrons. The standard InChI is InChI=1S/C21H24N4O2S/c22-14-18-17-2-1-3-19(17)28-21(18)23-20(27)8-9-24-10-12-25(13-11-24)15-4-6-16(26)7-5-15/h4-7,26H,1-3,8-13H2,(H,23,27). The Labute approximate surface area is 169 Å². The molecule has 0 spiro atoms. The van der Waals surface area contributed by atoms with E-state index in [9.17, 15) is 15.2 Å². The Morgan fingerprint density at radius 3 is 2.64 bits per heavy atom. The van der Waals surface area contributed by atoms with Crippen molar-refractivity contribution in [3.05, 3.63) is 40.3 Å². The fraction of sp³-hybridized carbons (Fsp3) is 0.429. The number of amides is 1. The molecule has 0 unspecified atom stereocenters. The molecule has 1 saturated heterocycles. The minimum Gasteiger partial charge on any atom is -0.508 e. The summed E-state index contributed by atoms with van der Waals surface area (Å²) in [6.07, 6.45) is 3.53. The molecule has 2 N–H and O–H groups in total. The predicted octanol–water partition coefficient (Wildman–Crippen LogP) is 2.96. The van der Waals surface area contributed by atoms with Crippen LogP contribution in [0.25, 0.3) is 0 Å². The van der Waals surface area contributed by atoms with E-state index in [0.717, 1.165) is 68.2 Å². The van der Waals surface area contributed by atoms with Gasteiger partial charge in [0.1, 0.15) is 16.8 Å². The lowest BCUT2D eigenvalue weighted by Gasteiger charge is -2.36. The summed E-state index contributed by atoms with van der Waals surface area (Å²) in [6, 6.07) is 9.56. The van der Waals surface area contributed by atoms with Gasteiger partial charge in [0.15, 0.2) is 0 Å². The van der Waals surface area contributed by atoms with Crippen LogP contribution < -0.4 is 10.2 Å². The summed E-state index contributed by atoms with van der Waals surface area (Å²) < 4.78 is 0. The first-order valence-electron chi connectivity index (χ1n) is 9.75. The molecule has 2 heterocycles. The van der Waals surface area contributed by atoms with Crippen molar-refractivity contribution in [2.75, 3.05) is 42.9 Å². The fourth-order valence-corrected chi connectivity index (χ4v) is 5.21. The van der Waals surface area contributed by atoms with Crippen molar-refractivity contribution in [2.45, 2.75) is 25.7 Å². The molecule has 2 aliphatic rings. The number of hydrogen-bond acceptors (Lipinski definition) is 6. The summed E-state index contributed by atoms with van der Waals surface area (Å²) in [4.78, 5) is 18.3. The summed E-state index contributed by atoms with van der Waals surface area (Å²) in [6.45, 7) is 4.35. The molecular weight excluding hydrogens is 372 g/mol. The average molecular weight is 397 g/mol. The van der Waals surface area contributed by atoms with Gasteiger partial charge in [0.2, 0.25) is 5.91 Å². The van der Waals surface area contributed by atoms with Crippen LogP contribution in [0, 0.1) is 11.3 Å². The SMILES string of the molecule is N#Cc1c(NC(=O)CCN2CCN(c3ccc(O)cc3)CC2)sc2c1CCC2. The molecule has 4 rings (SSSR count). The third-order valence-electron chi connectivity index (χ3n) is 5.53. The minimum atomic E-state index is -0.0163. The molecule has 1 aliphatic heterocycles. The number of carbonyl (C=O) groups excluding carboxylic acids is 1. The third kappa shape index (κ3) is 3.98. The van der Waals surface area contributed by atoms with E-state index < -0.39 is 0 Å². The molecule has 0 radical (unpaired) electrons. The third-order valence-corrected chi connectivity index (χ3v) is 6.74. The summed E-state index contributed by atoms with van der Waals surface area (Å²) in [5.74, 6) is 0.265. The number of aromatic hydroxyl groups is 1. The molecule has 28 heavy (non-hydrogen) atoms. The van der Waals surface area contributed by atoms with Crippen molar-refractivity contribution in [3.63, 3.8) is 0 Å². The summed E-state index contributed by atoms with van der Waals surface area (Å²) in [5, 5.41) is 22.5. The van der Waals surface area contributed by atoms with Gasteiger partial charge in [-0.15, -0.1) is 11.3 Å². The Kier molecular flexibility index (Phi) is 5.51. The Balaban J connectivity index is 1.25. The van der Waals surface area contributed by atoms with Crippen LogP contribution in [0.1, 0.15) is 28.8 Å². The monoisotopic (exact) mass is 396 g/mol. The number of benzene rings is 1. The molecule has 1 aromatic heterocycles. The zero-order valence-electron chi connectivity index (χ0n) is 15.8. The molecule has 2 aromatic rings. The highest BCUT2D eigenvalue weighted by molar-refractivity contribution is 7.16. The Morgan fingerprint density at radius 2 is 1.93 bits per heavy atom. The number of rotatable bonds is 5. The van der Waals surface area contributed by atoms with Crippen LogP contribution in [0.3, 0.4) is 0 Å². The number of piperazine rings is 1. The predicted molar refractivity (Wildman–Crippen MR) is 111 cm³/mol. The van der Waals surface area contributed by atoms with Gasteiger partial charge in [0.25, 0.3) is 0 Å². The van der Waals surface area contributed by atoms with Crippen LogP contribution in [0.15, 0.2) is 24.3 Å². The highest BCUT2D eigenvalue weighted by atomic mass is 32.1. The zero-order valence-corrected chi connectivity index (χ0v) is 16.6. The van der Waals surface area contributed by atoms with Gasteiger partial charge in [0, 0.05) is 49.7 Å². The van der Waals surface area contributed by atoms with Gasteiger partial charge in [-0.1, -0.05) is 0 Å². The largest absolute Gasteiger partial charge is 0.508 e. The maximum absolute atomic E-state index is 12.4. The number of thiophene rings is 1. The lowest BCUT2D eigenvalue weighted by Crippen LogP contribution is -2.47. The summed E-state index contributed by atoms with van der Waals surface area (Å²) in [5.41, 5.74) is 2.94. The van der Waals surface area contributed by atoms with Crippen LogP contribution in [0.4, 0.5) is 10.7 Å². The highest BCUT2D eigenvalue weighted by Crippen LogP contribution is 2.38. The maximum Gasteiger partial charge on any atom is 0.226 e. The van der Waals surface area contributed by atoms with Crippen molar-refractivity contribution < 1.29 is 9.90 Å².